The lowest BCUT2D eigenvalue weighted by Crippen LogP contribution is -2.10. The van der Waals surface area contributed by atoms with Gasteiger partial charge in [-0.05, 0) is 30.7 Å². The second kappa shape index (κ2) is 6.95. The monoisotopic (exact) mass is 306 g/mol. The highest BCUT2D eigenvalue weighted by Gasteiger charge is 2.15. The van der Waals surface area contributed by atoms with Gasteiger partial charge in [0.2, 0.25) is 5.88 Å². The van der Waals surface area contributed by atoms with Crippen LogP contribution in [0.5, 0.6) is 5.88 Å². The molecule has 0 radical (unpaired) electrons. The summed E-state index contributed by atoms with van der Waals surface area (Å²) in [5, 5.41) is 0.653. The number of nitrogens with zero attached hydrogens (tertiary/aromatic N) is 1. The van der Waals surface area contributed by atoms with Gasteiger partial charge in [0, 0.05) is 11.2 Å². The Hall–Kier alpha value is -2.27. The molecule has 0 amide bonds. The summed E-state index contributed by atoms with van der Waals surface area (Å²) in [6.07, 6.45) is 1.46. The first kappa shape index (κ1) is 15.1. The number of hydrogen-bond donors (Lipinski definition) is 1. The van der Waals surface area contributed by atoms with Crippen molar-refractivity contribution in [2.75, 3.05) is 12.3 Å². The number of hydrogen-bond acceptors (Lipinski definition) is 5. The number of carbonyl (C=O) groups is 1. The Morgan fingerprint density at radius 1 is 1.29 bits per heavy atom. The number of rotatable bonds is 5. The van der Waals surface area contributed by atoms with Crippen molar-refractivity contribution in [3.8, 4) is 5.88 Å². The van der Waals surface area contributed by atoms with E-state index in [0.29, 0.717) is 5.02 Å². The van der Waals surface area contributed by atoms with E-state index in [4.69, 9.17) is 26.8 Å². The van der Waals surface area contributed by atoms with Crippen molar-refractivity contribution in [1.82, 2.24) is 4.98 Å². The van der Waals surface area contributed by atoms with Crippen LogP contribution in [0.1, 0.15) is 22.8 Å². The molecule has 0 unspecified atom stereocenters. The van der Waals surface area contributed by atoms with Crippen molar-refractivity contribution >= 4 is 23.3 Å². The van der Waals surface area contributed by atoms with Crippen molar-refractivity contribution in [2.45, 2.75) is 13.5 Å². The molecule has 2 rings (SSSR count). The number of pyridine rings is 1. The predicted molar refractivity (Wildman–Crippen MR) is 80.4 cm³/mol. The number of halogens is 1. The number of carbonyl (C=O) groups excluding carboxylic acids is 1. The quantitative estimate of drug-likeness (QED) is 0.859. The SMILES string of the molecule is CCOC(=O)c1ccnc(OCc2ccc(Cl)cc2)c1N. The molecule has 0 spiro atoms. The minimum Gasteiger partial charge on any atom is -0.471 e. The molecule has 1 heterocycles. The van der Waals surface area contributed by atoms with Crippen LogP contribution in [-0.2, 0) is 11.3 Å². The summed E-state index contributed by atoms with van der Waals surface area (Å²) in [5.74, 6) is -0.288. The zero-order valence-electron chi connectivity index (χ0n) is 11.5. The van der Waals surface area contributed by atoms with Gasteiger partial charge in [0.15, 0.2) is 0 Å². The molecule has 21 heavy (non-hydrogen) atoms. The van der Waals surface area contributed by atoms with Crippen LogP contribution in [0, 0.1) is 0 Å². The average molecular weight is 307 g/mol. The smallest absolute Gasteiger partial charge is 0.340 e. The molecule has 1 aromatic heterocycles. The first-order valence-electron chi connectivity index (χ1n) is 6.40. The summed E-state index contributed by atoms with van der Waals surface area (Å²) in [4.78, 5) is 15.8. The van der Waals surface area contributed by atoms with E-state index in [1.807, 2.05) is 12.1 Å². The molecule has 0 fully saturated rings. The summed E-state index contributed by atoms with van der Waals surface area (Å²) in [5.41, 5.74) is 7.23. The lowest BCUT2D eigenvalue weighted by atomic mass is 10.2. The molecular weight excluding hydrogens is 292 g/mol. The standard InChI is InChI=1S/C15H15ClN2O3/c1-2-20-15(19)12-7-8-18-14(13(12)17)21-9-10-3-5-11(16)6-4-10/h3-8H,2,9,17H2,1H3. The molecule has 0 aliphatic carbocycles. The average Bonchev–Trinajstić information content (AvgIpc) is 2.48. The molecule has 0 saturated carbocycles. The maximum Gasteiger partial charge on any atom is 0.340 e. The Morgan fingerprint density at radius 3 is 2.67 bits per heavy atom. The normalized spacial score (nSPS) is 10.2. The van der Waals surface area contributed by atoms with Crippen LogP contribution in [0.4, 0.5) is 5.69 Å². The molecule has 6 heteroatoms. The van der Waals surface area contributed by atoms with E-state index in [1.54, 1.807) is 19.1 Å². The van der Waals surface area contributed by atoms with Crippen LogP contribution in [0.3, 0.4) is 0 Å². The first-order chi connectivity index (χ1) is 10.1. The molecule has 110 valence electrons. The Labute approximate surface area is 127 Å². The number of aromatic nitrogens is 1. The molecule has 0 saturated heterocycles. The van der Waals surface area contributed by atoms with E-state index in [0.717, 1.165) is 5.56 Å². The highest BCUT2D eigenvalue weighted by atomic mass is 35.5. The van der Waals surface area contributed by atoms with Crippen LogP contribution < -0.4 is 10.5 Å². The van der Waals surface area contributed by atoms with Crippen LogP contribution in [-0.4, -0.2) is 17.6 Å². The summed E-state index contributed by atoms with van der Waals surface area (Å²) in [6, 6.07) is 8.72. The van der Waals surface area contributed by atoms with E-state index in [2.05, 4.69) is 4.98 Å². The fourth-order valence-corrected chi connectivity index (χ4v) is 1.81. The second-order valence-electron chi connectivity index (χ2n) is 4.21. The fourth-order valence-electron chi connectivity index (χ4n) is 1.69. The number of ether oxygens (including phenoxy) is 2. The second-order valence-corrected chi connectivity index (χ2v) is 4.65. The Kier molecular flexibility index (Phi) is 5.00. The van der Waals surface area contributed by atoms with Crippen molar-refractivity contribution < 1.29 is 14.3 Å². The van der Waals surface area contributed by atoms with E-state index < -0.39 is 5.97 Å². The Bertz CT molecular complexity index is 629. The third kappa shape index (κ3) is 3.86. The van der Waals surface area contributed by atoms with Crippen molar-refractivity contribution in [3.63, 3.8) is 0 Å². The van der Waals surface area contributed by atoms with Crippen molar-refractivity contribution in [3.05, 3.63) is 52.7 Å². The maximum atomic E-state index is 11.7. The topological polar surface area (TPSA) is 74.4 Å². The highest BCUT2D eigenvalue weighted by Crippen LogP contribution is 2.24. The number of benzene rings is 1. The summed E-state index contributed by atoms with van der Waals surface area (Å²) >= 11 is 5.81. The number of esters is 1. The van der Waals surface area contributed by atoms with Gasteiger partial charge in [0.1, 0.15) is 12.3 Å². The molecule has 0 bridgehead atoms. The fraction of sp³-hybridized carbons (Fsp3) is 0.200. The van der Waals surface area contributed by atoms with Gasteiger partial charge in [0.25, 0.3) is 0 Å². The van der Waals surface area contributed by atoms with Crippen molar-refractivity contribution in [1.29, 1.82) is 0 Å². The van der Waals surface area contributed by atoms with Crippen molar-refractivity contribution in [2.24, 2.45) is 0 Å². The van der Waals surface area contributed by atoms with Crippen LogP contribution in [0.25, 0.3) is 0 Å². The van der Waals surface area contributed by atoms with Gasteiger partial charge in [-0.2, -0.15) is 0 Å². The van der Waals surface area contributed by atoms with E-state index in [1.165, 1.54) is 12.3 Å². The first-order valence-corrected chi connectivity index (χ1v) is 6.78. The molecule has 2 aromatic rings. The Balaban J connectivity index is 2.11. The van der Waals surface area contributed by atoms with Gasteiger partial charge in [-0.1, -0.05) is 23.7 Å². The molecule has 5 nitrogen and oxygen atoms in total. The van der Waals surface area contributed by atoms with Gasteiger partial charge >= 0.3 is 5.97 Å². The minimum atomic E-state index is -0.492. The molecule has 0 atom stereocenters. The summed E-state index contributed by atoms with van der Waals surface area (Å²) in [6.45, 7) is 2.29. The zero-order chi connectivity index (χ0) is 15.2. The predicted octanol–water partition coefficient (Wildman–Crippen LogP) is 3.07. The lowest BCUT2D eigenvalue weighted by molar-refractivity contribution is 0.0527. The zero-order valence-corrected chi connectivity index (χ0v) is 12.3. The molecule has 2 N–H and O–H groups in total. The van der Waals surface area contributed by atoms with Gasteiger partial charge in [0.05, 0.1) is 12.2 Å². The van der Waals surface area contributed by atoms with Crippen LogP contribution >= 0.6 is 11.6 Å². The third-order valence-corrected chi connectivity index (χ3v) is 2.99. The van der Waals surface area contributed by atoms with Crippen LogP contribution in [0.15, 0.2) is 36.5 Å². The third-order valence-electron chi connectivity index (χ3n) is 2.74. The largest absolute Gasteiger partial charge is 0.471 e. The van der Waals surface area contributed by atoms with E-state index >= 15 is 0 Å². The molecular formula is C15H15ClN2O3. The highest BCUT2D eigenvalue weighted by molar-refractivity contribution is 6.30. The number of nitrogens with two attached hydrogens (primary N) is 1. The lowest BCUT2D eigenvalue weighted by Gasteiger charge is -2.10. The molecule has 0 aliphatic rings. The number of nitrogen functional groups attached to an aromatic ring is 1. The van der Waals surface area contributed by atoms with E-state index in [-0.39, 0.29) is 30.3 Å². The molecule has 0 aliphatic heterocycles. The Morgan fingerprint density at radius 2 is 2.00 bits per heavy atom. The van der Waals surface area contributed by atoms with Gasteiger partial charge in [-0.15, -0.1) is 0 Å². The summed E-state index contributed by atoms with van der Waals surface area (Å²) in [7, 11) is 0. The van der Waals surface area contributed by atoms with Gasteiger partial charge < -0.3 is 15.2 Å². The van der Waals surface area contributed by atoms with Gasteiger partial charge in [-0.3, -0.25) is 0 Å². The summed E-state index contributed by atoms with van der Waals surface area (Å²) < 4.78 is 10.5. The minimum absolute atomic E-state index is 0.171. The van der Waals surface area contributed by atoms with E-state index in [9.17, 15) is 4.79 Å². The van der Waals surface area contributed by atoms with Gasteiger partial charge in [-0.25, -0.2) is 9.78 Å². The number of anilines is 1. The van der Waals surface area contributed by atoms with Crippen LogP contribution in [0.2, 0.25) is 5.02 Å². The maximum absolute atomic E-state index is 11.7. The molecule has 1 aromatic carbocycles.